The van der Waals surface area contributed by atoms with Gasteiger partial charge in [0.2, 0.25) is 0 Å². The maximum absolute atomic E-state index is 13.6. The van der Waals surface area contributed by atoms with E-state index in [0.29, 0.717) is 29.6 Å². The van der Waals surface area contributed by atoms with E-state index in [-0.39, 0.29) is 11.3 Å². The van der Waals surface area contributed by atoms with Crippen LogP contribution >= 0.6 is 34.3 Å². The third-order valence-corrected chi connectivity index (χ3v) is 8.25. The van der Waals surface area contributed by atoms with Gasteiger partial charge in [-0.2, -0.15) is 4.52 Å². The zero-order chi connectivity index (χ0) is 22.0. The SMILES string of the molecule is CC1(C)Cc2c(sc3c2c2nc(-c4cccs4)nn2c(=O)n3Cc2ccccc2Cl)CO1. The van der Waals surface area contributed by atoms with E-state index >= 15 is 0 Å². The predicted molar refractivity (Wildman–Crippen MR) is 129 cm³/mol. The molecular weight excluding hydrogens is 464 g/mol. The van der Waals surface area contributed by atoms with Gasteiger partial charge in [0.15, 0.2) is 11.5 Å². The Balaban J connectivity index is 1.68. The van der Waals surface area contributed by atoms with Crippen molar-refractivity contribution in [2.45, 2.75) is 39.0 Å². The maximum Gasteiger partial charge on any atom is 0.352 e. The van der Waals surface area contributed by atoms with Gasteiger partial charge in [-0.05, 0) is 42.5 Å². The molecule has 5 aromatic rings. The molecule has 6 nitrogen and oxygen atoms in total. The molecule has 0 spiro atoms. The number of fused-ring (bicyclic) bond motifs is 5. The standard InChI is InChI=1S/C23H19ClN4O2S2/c1-23(2)10-14-17(12-30-23)32-21-18(14)20-25-19(16-8-5-9-31-16)26-28(20)22(29)27(21)11-13-6-3-4-7-15(13)24/h3-9H,10-12H2,1-2H3. The zero-order valence-corrected chi connectivity index (χ0v) is 19.9. The van der Waals surface area contributed by atoms with Crippen molar-refractivity contribution in [1.29, 1.82) is 0 Å². The number of ether oxygens (including phenoxy) is 1. The van der Waals surface area contributed by atoms with Crippen molar-refractivity contribution in [1.82, 2.24) is 19.2 Å². The van der Waals surface area contributed by atoms with E-state index in [2.05, 4.69) is 18.9 Å². The van der Waals surface area contributed by atoms with Crippen LogP contribution in [-0.2, 0) is 24.3 Å². The van der Waals surface area contributed by atoms with Crippen LogP contribution < -0.4 is 5.69 Å². The summed E-state index contributed by atoms with van der Waals surface area (Å²) in [6.07, 6.45) is 0.753. The topological polar surface area (TPSA) is 61.4 Å². The summed E-state index contributed by atoms with van der Waals surface area (Å²) < 4.78 is 9.28. The molecule has 0 fully saturated rings. The molecular formula is C23H19ClN4O2S2. The first-order valence-corrected chi connectivity index (χ1v) is 12.3. The molecule has 0 atom stereocenters. The van der Waals surface area contributed by atoms with E-state index in [1.54, 1.807) is 27.2 Å². The summed E-state index contributed by atoms with van der Waals surface area (Å²) in [5.74, 6) is 0.570. The molecule has 0 unspecified atom stereocenters. The van der Waals surface area contributed by atoms with Crippen molar-refractivity contribution >= 4 is 50.1 Å². The lowest BCUT2D eigenvalue weighted by Crippen LogP contribution is -2.31. The second-order valence-corrected chi connectivity index (χ2v) is 11.0. The van der Waals surface area contributed by atoms with Gasteiger partial charge in [0.1, 0.15) is 4.83 Å². The summed E-state index contributed by atoms with van der Waals surface area (Å²) in [6, 6.07) is 11.5. The minimum absolute atomic E-state index is 0.221. The Kier molecular flexibility index (Phi) is 4.55. The quantitative estimate of drug-likeness (QED) is 0.346. The minimum Gasteiger partial charge on any atom is -0.370 e. The number of aromatic nitrogens is 4. The fourth-order valence-electron chi connectivity index (χ4n) is 4.21. The molecule has 1 aliphatic rings. The van der Waals surface area contributed by atoms with Crippen LogP contribution in [0.1, 0.15) is 29.9 Å². The highest BCUT2D eigenvalue weighted by Crippen LogP contribution is 2.40. The molecule has 0 N–H and O–H groups in total. The summed E-state index contributed by atoms with van der Waals surface area (Å²) in [7, 11) is 0. The number of halogens is 1. The van der Waals surface area contributed by atoms with E-state index in [1.807, 2.05) is 41.8 Å². The highest BCUT2D eigenvalue weighted by Gasteiger charge is 2.32. The van der Waals surface area contributed by atoms with Gasteiger partial charge < -0.3 is 4.74 Å². The van der Waals surface area contributed by atoms with Gasteiger partial charge >= 0.3 is 5.69 Å². The summed E-state index contributed by atoms with van der Waals surface area (Å²) in [5.41, 5.74) is 2.20. The first-order chi connectivity index (χ1) is 15.4. The van der Waals surface area contributed by atoms with Crippen LogP contribution in [0.15, 0.2) is 46.6 Å². The molecule has 0 saturated carbocycles. The Morgan fingerprint density at radius 1 is 1.22 bits per heavy atom. The first-order valence-electron chi connectivity index (χ1n) is 10.3. The van der Waals surface area contributed by atoms with Crippen LogP contribution in [0.3, 0.4) is 0 Å². The van der Waals surface area contributed by atoms with E-state index in [9.17, 15) is 4.79 Å². The molecule has 1 aliphatic heterocycles. The molecule has 6 rings (SSSR count). The van der Waals surface area contributed by atoms with Crippen LogP contribution in [0, 0.1) is 0 Å². The Morgan fingerprint density at radius 2 is 2.06 bits per heavy atom. The summed E-state index contributed by atoms with van der Waals surface area (Å²) in [5, 5.41) is 8.23. The van der Waals surface area contributed by atoms with Crippen molar-refractivity contribution in [2.24, 2.45) is 0 Å². The van der Waals surface area contributed by atoms with E-state index in [4.69, 9.17) is 21.3 Å². The highest BCUT2D eigenvalue weighted by atomic mass is 35.5. The molecule has 0 radical (unpaired) electrons. The van der Waals surface area contributed by atoms with Gasteiger partial charge in [-0.15, -0.1) is 27.8 Å². The molecule has 0 bridgehead atoms. The lowest BCUT2D eigenvalue weighted by molar-refractivity contribution is -0.0379. The molecule has 1 aromatic carbocycles. The number of benzene rings is 1. The third-order valence-electron chi connectivity index (χ3n) is 5.78. The Bertz CT molecular complexity index is 1550. The van der Waals surface area contributed by atoms with Crippen molar-refractivity contribution < 1.29 is 4.74 Å². The van der Waals surface area contributed by atoms with Crippen molar-refractivity contribution in [3.63, 3.8) is 0 Å². The van der Waals surface area contributed by atoms with Crippen molar-refractivity contribution in [3.05, 3.63) is 73.3 Å². The number of hydrogen-bond donors (Lipinski definition) is 0. The molecule has 5 heterocycles. The van der Waals surface area contributed by atoms with E-state index < -0.39 is 0 Å². The minimum atomic E-state index is -0.279. The van der Waals surface area contributed by atoms with Gasteiger partial charge in [0.05, 0.1) is 29.0 Å². The third kappa shape index (κ3) is 3.13. The Morgan fingerprint density at radius 3 is 2.84 bits per heavy atom. The van der Waals surface area contributed by atoms with Gasteiger partial charge in [-0.3, -0.25) is 4.57 Å². The van der Waals surface area contributed by atoms with Crippen molar-refractivity contribution in [2.75, 3.05) is 0 Å². The average molecular weight is 483 g/mol. The second-order valence-electron chi connectivity index (χ2n) is 8.52. The Labute approximate surface area is 196 Å². The lowest BCUT2D eigenvalue weighted by atomic mass is 9.94. The van der Waals surface area contributed by atoms with Crippen molar-refractivity contribution in [3.8, 4) is 10.7 Å². The first kappa shape index (κ1) is 20.1. The van der Waals surface area contributed by atoms with Gasteiger partial charge in [0.25, 0.3) is 0 Å². The molecule has 9 heteroatoms. The average Bonchev–Trinajstić information content (AvgIpc) is 3.49. The van der Waals surface area contributed by atoms with Gasteiger partial charge in [0, 0.05) is 16.3 Å². The number of hydrogen-bond acceptors (Lipinski definition) is 6. The highest BCUT2D eigenvalue weighted by molar-refractivity contribution is 7.19. The molecule has 32 heavy (non-hydrogen) atoms. The molecule has 0 saturated heterocycles. The van der Waals surface area contributed by atoms with Gasteiger partial charge in [-0.1, -0.05) is 35.9 Å². The summed E-state index contributed by atoms with van der Waals surface area (Å²) in [4.78, 5) is 21.4. The smallest absolute Gasteiger partial charge is 0.352 e. The van der Waals surface area contributed by atoms with E-state index in [0.717, 1.165) is 32.0 Å². The Hall–Kier alpha value is -2.52. The normalized spacial score (nSPS) is 15.5. The van der Waals surface area contributed by atoms with Crippen LogP contribution in [0.5, 0.6) is 0 Å². The molecule has 4 aromatic heterocycles. The van der Waals surface area contributed by atoms with Gasteiger partial charge in [-0.25, -0.2) is 9.78 Å². The predicted octanol–water partition coefficient (Wildman–Crippen LogP) is 5.39. The lowest BCUT2D eigenvalue weighted by Gasteiger charge is -2.30. The fourth-order valence-corrected chi connectivity index (χ4v) is 6.28. The van der Waals surface area contributed by atoms with Crippen LogP contribution in [0.4, 0.5) is 0 Å². The maximum atomic E-state index is 13.6. The molecule has 162 valence electrons. The van der Waals surface area contributed by atoms with Crippen LogP contribution in [0.2, 0.25) is 5.02 Å². The summed E-state index contributed by atoms with van der Waals surface area (Å²) in [6.45, 7) is 5.08. The van der Waals surface area contributed by atoms with E-state index in [1.165, 1.54) is 10.1 Å². The zero-order valence-electron chi connectivity index (χ0n) is 17.5. The fraction of sp³-hybridized carbons (Fsp3) is 0.261. The second kappa shape index (κ2) is 7.25. The number of rotatable bonds is 3. The van der Waals surface area contributed by atoms with Crippen LogP contribution in [-0.4, -0.2) is 24.8 Å². The van der Waals surface area contributed by atoms with Crippen LogP contribution in [0.25, 0.3) is 26.6 Å². The largest absolute Gasteiger partial charge is 0.370 e. The summed E-state index contributed by atoms with van der Waals surface area (Å²) >= 11 is 9.60. The number of thiophene rings is 2. The molecule has 0 aliphatic carbocycles. The number of nitrogens with zero attached hydrogens (tertiary/aromatic N) is 4. The molecule has 0 amide bonds. The monoisotopic (exact) mass is 482 g/mol.